The van der Waals surface area contributed by atoms with Gasteiger partial charge in [-0.05, 0) is 5.92 Å². The van der Waals surface area contributed by atoms with E-state index in [2.05, 4.69) is 15.2 Å². The van der Waals surface area contributed by atoms with Crippen LogP contribution in [0.2, 0.25) is 0 Å². The number of nitrogens with zero attached hydrogens (tertiary/aromatic N) is 2. The van der Waals surface area contributed by atoms with Crippen LogP contribution >= 0.6 is 0 Å². The molecule has 6 heteroatoms. The van der Waals surface area contributed by atoms with E-state index in [0.717, 1.165) is 0 Å². The van der Waals surface area contributed by atoms with Crippen LogP contribution < -0.4 is 5.73 Å². The Morgan fingerprint density at radius 3 is 2.38 bits per heavy atom. The zero-order valence-electron chi connectivity index (χ0n) is 7.46. The number of halogens is 2. The van der Waals surface area contributed by atoms with Gasteiger partial charge in [0, 0.05) is 0 Å². The molecule has 0 radical (unpaired) electrons. The van der Waals surface area contributed by atoms with Crippen molar-refractivity contribution in [2.45, 2.75) is 26.3 Å². The van der Waals surface area contributed by atoms with Gasteiger partial charge < -0.3 is 5.73 Å². The predicted octanol–water partition coefficient (Wildman–Crippen LogP) is 1.40. The summed E-state index contributed by atoms with van der Waals surface area (Å²) in [4.78, 5) is 3.59. The molecule has 0 aliphatic heterocycles. The van der Waals surface area contributed by atoms with Crippen LogP contribution in [0.25, 0.3) is 0 Å². The molecule has 0 aliphatic rings. The minimum atomic E-state index is -2.62. The first-order chi connectivity index (χ1) is 6.02. The smallest absolute Gasteiger partial charge is 0.296 e. The summed E-state index contributed by atoms with van der Waals surface area (Å²) in [6.45, 7) is 3.76. The van der Waals surface area contributed by atoms with Crippen molar-refractivity contribution in [3.63, 3.8) is 0 Å². The van der Waals surface area contributed by atoms with Crippen molar-refractivity contribution in [2.24, 2.45) is 11.7 Å². The van der Waals surface area contributed by atoms with Gasteiger partial charge >= 0.3 is 0 Å². The number of H-pyrrole nitrogens is 1. The Morgan fingerprint density at radius 1 is 1.38 bits per heavy atom. The van der Waals surface area contributed by atoms with Crippen molar-refractivity contribution in [3.8, 4) is 0 Å². The maximum atomic E-state index is 12.1. The Hall–Kier alpha value is -1.04. The molecule has 1 aromatic rings. The third-order valence-corrected chi connectivity index (χ3v) is 1.74. The molecule has 0 spiro atoms. The Morgan fingerprint density at radius 2 is 2.00 bits per heavy atom. The number of nitrogens with two attached hydrogens (primary N) is 1. The molecule has 13 heavy (non-hydrogen) atoms. The van der Waals surface area contributed by atoms with Crippen molar-refractivity contribution < 1.29 is 8.78 Å². The Labute approximate surface area is 74.5 Å². The molecule has 0 fully saturated rings. The van der Waals surface area contributed by atoms with Crippen LogP contribution in [0.1, 0.15) is 38.0 Å². The van der Waals surface area contributed by atoms with Gasteiger partial charge in [-0.1, -0.05) is 13.8 Å². The van der Waals surface area contributed by atoms with Crippen LogP contribution in [0.3, 0.4) is 0 Å². The standard InChI is InChI=1S/C7H12F2N4/c1-3(2)4(10)6-11-7(5(8)9)13-12-6/h3-5H,10H2,1-2H3,(H,11,12,13). The summed E-state index contributed by atoms with van der Waals surface area (Å²) >= 11 is 0. The van der Waals surface area contributed by atoms with Crippen molar-refractivity contribution in [3.05, 3.63) is 11.6 Å². The van der Waals surface area contributed by atoms with Gasteiger partial charge in [0.15, 0.2) is 11.6 Å². The zero-order valence-corrected chi connectivity index (χ0v) is 7.46. The molecule has 0 amide bonds. The summed E-state index contributed by atoms with van der Waals surface area (Å²) in [6, 6.07) is -0.399. The zero-order chi connectivity index (χ0) is 10.0. The summed E-state index contributed by atoms with van der Waals surface area (Å²) in [6.07, 6.45) is -2.62. The van der Waals surface area contributed by atoms with Crippen molar-refractivity contribution >= 4 is 0 Å². The number of hydrogen-bond donors (Lipinski definition) is 2. The Balaban J connectivity index is 2.79. The Bertz CT molecular complexity index is 271. The molecule has 74 valence electrons. The largest absolute Gasteiger partial charge is 0.321 e. The van der Waals surface area contributed by atoms with Gasteiger partial charge in [-0.2, -0.15) is 5.10 Å². The highest BCUT2D eigenvalue weighted by molar-refractivity contribution is 4.97. The highest BCUT2D eigenvalue weighted by Crippen LogP contribution is 2.18. The van der Waals surface area contributed by atoms with E-state index in [4.69, 9.17) is 5.73 Å². The maximum absolute atomic E-state index is 12.1. The van der Waals surface area contributed by atoms with Gasteiger partial charge in [-0.15, -0.1) is 0 Å². The normalized spacial score (nSPS) is 14.1. The fraction of sp³-hybridized carbons (Fsp3) is 0.714. The number of aromatic nitrogens is 3. The maximum Gasteiger partial charge on any atom is 0.296 e. The second kappa shape index (κ2) is 3.78. The fourth-order valence-electron chi connectivity index (χ4n) is 0.833. The molecule has 4 nitrogen and oxygen atoms in total. The number of aromatic amines is 1. The molecule has 1 rings (SSSR count). The second-order valence-electron chi connectivity index (χ2n) is 3.15. The van der Waals surface area contributed by atoms with E-state index in [0.29, 0.717) is 0 Å². The van der Waals surface area contributed by atoms with Gasteiger partial charge in [0.1, 0.15) is 0 Å². The van der Waals surface area contributed by atoms with Gasteiger partial charge in [0.2, 0.25) is 0 Å². The van der Waals surface area contributed by atoms with Gasteiger partial charge in [0.05, 0.1) is 6.04 Å². The molecule has 1 aromatic heterocycles. The highest BCUT2D eigenvalue weighted by Gasteiger charge is 2.18. The minimum Gasteiger partial charge on any atom is -0.321 e. The molecule has 1 atom stereocenters. The van der Waals surface area contributed by atoms with Crippen LogP contribution in [-0.4, -0.2) is 15.2 Å². The third-order valence-electron chi connectivity index (χ3n) is 1.74. The average molecular weight is 190 g/mol. The van der Waals surface area contributed by atoms with Gasteiger partial charge in [-0.3, -0.25) is 5.10 Å². The first-order valence-corrected chi connectivity index (χ1v) is 3.98. The van der Waals surface area contributed by atoms with Crippen molar-refractivity contribution in [2.75, 3.05) is 0 Å². The molecule has 1 unspecified atom stereocenters. The summed E-state index contributed by atoms with van der Waals surface area (Å²) < 4.78 is 24.1. The molecule has 0 aromatic carbocycles. The van der Waals surface area contributed by atoms with Crippen LogP contribution in [0.4, 0.5) is 8.78 Å². The van der Waals surface area contributed by atoms with E-state index in [9.17, 15) is 8.78 Å². The van der Waals surface area contributed by atoms with Crippen LogP contribution in [0, 0.1) is 5.92 Å². The van der Waals surface area contributed by atoms with Crippen molar-refractivity contribution in [1.82, 2.24) is 15.2 Å². The average Bonchev–Trinajstić information content (AvgIpc) is 2.50. The van der Waals surface area contributed by atoms with Gasteiger partial charge in [0.25, 0.3) is 6.43 Å². The molecule has 1 heterocycles. The lowest BCUT2D eigenvalue weighted by molar-refractivity contribution is 0.140. The third kappa shape index (κ3) is 2.21. The van der Waals surface area contributed by atoms with E-state index in [1.807, 2.05) is 13.8 Å². The molecular weight excluding hydrogens is 178 g/mol. The molecule has 0 bridgehead atoms. The van der Waals surface area contributed by atoms with Crippen LogP contribution in [0.15, 0.2) is 0 Å². The van der Waals surface area contributed by atoms with E-state index in [-0.39, 0.29) is 11.7 Å². The first-order valence-electron chi connectivity index (χ1n) is 3.98. The van der Waals surface area contributed by atoms with Crippen molar-refractivity contribution in [1.29, 1.82) is 0 Å². The molecule has 0 saturated heterocycles. The van der Waals surface area contributed by atoms with Crippen LogP contribution in [0.5, 0.6) is 0 Å². The van der Waals surface area contributed by atoms with E-state index < -0.39 is 18.3 Å². The van der Waals surface area contributed by atoms with E-state index in [1.54, 1.807) is 0 Å². The number of alkyl halides is 2. The van der Waals surface area contributed by atoms with Crippen LogP contribution in [-0.2, 0) is 0 Å². The molecular formula is C7H12F2N4. The van der Waals surface area contributed by atoms with E-state index in [1.165, 1.54) is 0 Å². The van der Waals surface area contributed by atoms with E-state index >= 15 is 0 Å². The Kier molecular flexibility index (Phi) is 2.92. The highest BCUT2D eigenvalue weighted by atomic mass is 19.3. The monoisotopic (exact) mass is 190 g/mol. The minimum absolute atomic E-state index is 0.126. The summed E-state index contributed by atoms with van der Waals surface area (Å²) in [7, 11) is 0. The summed E-state index contributed by atoms with van der Waals surface area (Å²) in [5.41, 5.74) is 5.66. The first kappa shape index (κ1) is 10.0. The quantitative estimate of drug-likeness (QED) is 0.756. The lowest BCUT2D eigenvalue weighted by Crippen LogP contribution is -2.18. The SMILES string of the molecule is CC(C)C(N)c1n[nH]c(C(F)F)n1. The fourth-order valence-corrected chi connectivity index (χ4v) is 0.833. The number of rotatable bonds is 3. The predicted molar refractivity (Wildman–Crippen MR) is 43.1 cm³/mol. The topological polar surface area (TPSA) is 67.6 Å². The number of hydrogen-bond acceptors (Lipinski definition) is 3. The lowest BCUT2D eigenvalue weighted by atomic mass is 10.1. The lowest BCUT2D eigenvalue weighted by Gasteiger charge is -2.10. The molecule has 0 saturated carbocycles. The van der Waals surface area contributed by atoms with Gasteiger partial charge in [-0.25, -0.2) is 13.8 Å². The molecule has 0 aliphatic carbocycles. The summed E-state index contributed by atoms with van der Waals surface area (Å²) in [5, 5.41) is 5.77. The summed E-state index contributed by atoms with van der Waals surface area (Å²) in [5.74, 6) is -0.0577. The molecule has 3 N–H and O–H groups in total. The number of nitrogens with one attached hydrogen (secondary N) is 1. The second-order valence-corrected chi connectivity index (χ2v) is 3.15.